The van der Waals surface area contributed by atoms with Gasteiger partial charge in [0.2, 0.25) is 5.91 Å². The molecule has 1 N–H and O–H groups in total. The molecule has 1 unspecified atom stereocenters. The van der Waals surface area contributed by atoms with E-state index in [1.54, 1.807) is 0 Å². The van der Waals surface area contributed by atoms with Crippen LogP contribution < -0.4 is 5.32 Å². The molecule has 0 aromatic carbocycles. The summed E-state index contributed by atoms with van der Waals surface area (Å²) in [7, 11) is 0. The monoisotopic (exact) mass is 284 g/mol. The van der Waals surface area contributed by atoms with Gasteiger partial charge in [0.1, 0.15) is 0 Å². The van der Waals surface area contributed by atoms with Crippen LogP contribution in [0.15, 0.2) is 0 Å². The van der Waals surface area contributed by atoms with Crippen molar-refractivity contribution in [3.8, 4) is 0 Å². The Labute approximate surface area is 122 Å². The van der Waals surface area contributed by atoms with E-state index < -0.39 is 0 Å². The van der Waals surface area contributed by atoms with Crippen LogP contribution in [0.1, 0.15) is 32.6 Å². The Bertz CT molecular complexity index is 285. The van der Waals surface area contributed by atoms with Gasteiger partial charge >= 0.3 is 0 Å². The fraction of sp³-hybridized carbons (Fsp3) is 0.933. The molecule has 116 valence electrons. The Hall–Kier alpha value is -0.650. The highest BCUT2D eigenvalue weighted by Gasteiger charge is 2.26. The summed E-state index contributed by atoms with van der Waals surface area (Å²) in [6, 6.07) is 0. The third-order valence-electron chi connectivity index (χ3n) is 4.21. The first-order valence-electron chi connectivity index (χ1n) is 7.97. The highest BCUT2D eigenvalue weighted by Crippen LogP contribution is 2.18. The zero-order valence-electron chi connectivity index (χ0n) is 12.6. The van der Waals surface area contributed by atoms with E-state index in [2.05, 4.69) is 5.32 Å². The molecular formula is C15H28N2O3. The number of carbonyl (C=O) groups excluding carboxylic acids is 1. The Morgan fingerprint density at radius 2 is 2.05 bits per heavy atom. The van der Waals surface area contributed by atoms with Crippen molar-refractivity contribution < 1.29 is 14.3 Å². The maximum atomic E-state index is 12.2. The first-order chi connectivity index (χ1) is 9.79. The molecule has 5 heteroatoms. The second-order valence-electron chi connectivity index (χ2n) is 5.71. The molecule has 2 aliphatic rings. The van der Waals surface area contributed by atoms with Crippen LogP contribution in [0.25, 0.3) is 0 Å². The lowest BCUT2D eigenvalue weighted by molar-refractivity contribution is -0.134. The second-order valence-corrected chi connectivity index (χ2v) is 5.71. The maximum absolute atomic E-state index is 12.2. The normalized spacial score (nSPS) is 24.2. The number of nitrogens with one attached hydrogen (secondary N) is 1. The molecule has 0 aromatic rings. The van der Waals surface area contributed by atoms with E-state index in [-0.39, 0.29) is 0 Å². The van der Waals surface area contributed by atoms with Crippen molar-refractivity contribution in [2.24, 2.45) is 5.92 Å². The first-order valence-corrected chi connectivity index (χ1v) is 7.97. The van der Waals surface area contributed by atoms with E-state index in [4.69, 9.17) is 9.47 Å². The number of likely N-dealkylation sites (tertiary alicyclic amines) is 1. The lowest BCUT2D eigenvalue weighted by atomic mass is 10.0. The van der Waals surface area contributed by atoms with Gasteiger partial charge in [0.15, 0.2) is 0 Å². The average molecular weight is 284 g/mol. The lowest BCUT2D eigenvalue weighted by Gasteiger charge is -2.32. The number of hydrogen-bond acceptors (Lipinski definition) is 4. The van der Waals surface area contributed by atoms with Crippen LogP contribution in [-0.4, -0.2) is 62.9 Å². The molecule has 2 heterocycles. The van der Waals surface area contributed by atoms with Crippen LogP contribution in [0.3, 0.4) is 0 Å². The van der Waals surface area contributed by atoms with Gasteiger partial charge in [-0.1, -0.05) is 0 Å². The fourth-order valence-electron chi connectivity index (χ4n) is 2.95. The van der Waals surface area contributed by atoms with Crippen molar-refractivity contribution in [1.82, 2.24) is 10.2 Å². The molecule has 1 atom stereocenters. The van der Waals surface area contributed by atoms with Gasteiger partial charge < -0.3 is 19.7 Å². The largest absolute Gasteiger partial charge is 0.379 e. The highest BCUT2D eigenvalue weighted by molar-refractivity contribution is 5.76. The summed E-state index contributed by atoms with van der Waals surface area (Å²) in [4.78, 5) is 14.2. The zero-order valence-corrected chi connectivity index (χ0v) is 12.6. The SMILES string of the molecule is CCOCCOC1CCN(C(=O)CC2CCNC2)CC1. The molecular weight excluding hydrogens is 256 g/mol. The Kier molecular flexibility index (Phi) is 6.76. The van der Waals surface area contributed by atoms with Crippen LogP contribution in [0, 0.1) is 5.92 Å². The van der Waals surface area contributed by atoms with Gasteiger partial charge in [-0.05, 0) is 45.2 Å². The number of carbonyl (C=O) groups is 1. The summed E-state index contributed by atoms with van der Waals surface area (Å²) in [6.45, 7) is 7.83. The predicted molar refractivity (Wildman–Crippen MR) is 77.6 cm³/mol. The molecule has 0 radical (unpaired) electrons. The summed E-state index contributed by atoms with van der Waals surface area (Å²) >= 11 is 0. The maximum Gasteiger partial charge on any atom is 0.222 e. The average Bonchev–Trinajstić information content (AvgIpc) is 2.97. The molecule has 0 saturated carbocycles. The van der Waals surface area contributed by atoms with Gasteiger partial charge in [0.05, 0.1) is 19.3 Å². The summed E-state index contributed by atoms with van der Waals surface area (Å²) in [6.07, 6.45) is 4.07. The van der Waals surface area contributed by atoms with Crippen LogP contribution in [0.2, 0.25) is 0 Å². The molecule has 0 aliphatic carbocycles. The summed E-state index contributed by atoms with van der Waals surface area (Å²) < 4.78 is 11.0. The molecule has 2 aliphatic heterocycles. The minimum absolute atomic E-state index is 0.299. The minimum Gasteiger partial charge on any atom is -0.379 e. The molecule has 0 aromatic heterocycles. The number of hydrogen-bond donors (Lipinski definition) is 1. The van der Waals surface area contributed by atoms with E-state index in [1.165, 1.54) is 0 Å². The van der Waals surface area contributed by atoms with Crippen LogP contribution in [0.5, 0.6) is 0 Å². The lowest BCUT2D eigenvalue weighted by Crippen LogP contribution is -2.41. The Balaban J connectivity index is 1.59. The third-order valence-corrected chi connectivity index (χ3v) is 4.21. The fourth-order valence-corrected chi connectivity index (χ4v) is 2.95. The molecule has 2 rings (SSSR count). The molecule has 1 amide bonds. The molecule has 0 spiro atoms. The van der Waals surface area contributed by atoms with Gasteiger partial charge in [0, 0.05) is 26.1 Å². The molecule has 20 heavy (non-hydrogen) atoms. The molecule has 0 bridgehead atoms. The van der Waals surface area contributed by atoms with E-state index in [9.17, 15) is 4.79 Å². The summed E-state index contributed by atoms with van der Waals surface area (Å²) in [5, 5.41) is 3.32. The van der Waals surface area contributed by atoms with Crippen molar-refractivity contribution >= 4 is 5.91 Å². The molecule has 2 saturated heterocycles. The van der Waals surface area contributed by atoms with Crippen molar-refractivity contribution in [2.75, 3.05) is 46.0 Å². The molecule has 5 nitrogen and oxygen atoms in total. The van der Waals surface area contributed by atoms with E-state index >= 15 is 0 Å². The van der Waals surface area contributed by atoms with Gasteiger partial charge in [-0.25, -0.2) is 0 Å². The molecule has 2 fully saturated rings. The second kappa shape index (κ2) is 8.60. The summed E-state index contributed by atoms with van der Waals surface area (Å²) in [5.74, 6) is 0.870. The van der Waals surface area contributed by atoms with Crippen LogP contribution in [-0.2, 0) is 14.3 Å². The van der Waals surface area contributed by atoms with Crippen molar-refractivity contribution in [3.05, 3.63) is 0 Å². The van der Waals surface area contributed by atoms with E-state index in [0.717, 1.165) is 52.0 Å². The number of nitrogens with zero attached hydrogens (tertiary/aromatic N) is 1. The predicted octanol–water partition coefficient (Wildman–Crippen LogP) is 1.03. The van der Waals surface area contributed by atoms with Crippen LogP contribution >= 0.6 is 0 Å². The topological polar surface area (TPSA) is 50.8 Å². The van der Waals surface area contributed by atoms with Crippen molar-refractivity contribution in [2.45, 2.75) is 38.7 Å². The number of ether oxygens (including phenoxy) is 2. The Morgan fingerprint density at radius 1 is 1.25 bits per heavy atom. The Morgan fingerprint density at radius 3 is 2.70 bits per heavy atom. The smallest absolute Gasteiger partial charge is 0.222 e. The standard InChI is InChI=1S/C15H28N2O3/c1-2-19-9-10-20-14-4-7-17(8-5-14)15(18)11-13-3-6-16-12-13/h13-14,16H,2-12H2,1H3. The number of rotatable bonds is 7. The van der Waals surface area contributed by atoms with E-state index in [1.807, 2.05) is 11.8 Å². The zero-order chi connectivity index (χ0) is 14.2. The van der Waals surface area contributed by atoms with Crippen LogP contribution in [0.4, 0.5) is 0 Å². The van der Waals surface area contributed by atoms with Gasteiger partial charge in [-0.15, -0.1) is 0 Å². The quantitative estimate of drug-likeness (QED) is 0.710. The summed E-state index contributed by atoms with van der Waals surface area (Å²) in [5.41, 5.74) is 0. The van der Waals surface area contributed by atoms with Crippen molar-refractivity contribution in [1.29, 1.82) is 0 Å². The third kappa shape index (κ3) is 5.04. The van der Waals surface area contributed by atoms with Gasteiger partial charge in [-0.3, -0.25) is 4.79 Å². The van der Waals surface area contributed by atoms with Gasteiger partial charge in [-0.2, -0.15) is 0 Å². The van der Waals surface area contributed by atoms with Gasteiger partial charge in [0.25, 0.3) is 0 Å². The first kappa shape index (κ1) is 15.7. The number of amides is 1. The van der Waals surface area contributed by atoms with Crippen molar-refractivity contribution in [3.63, 3.8) is 0 Å². The minimum atomic E-state index is 0.299. The number of piperidine rings is 1. The van der Waals surface area contributed by atoms with E-state index in [0.29, 0.717) is 37.6 Å². The highest BCUT2D eigenvalue weighted by atomic mass is 16.5.